The first-order valence-corrected chi connectivity index (χ1v) is 6.01. The van der Waals surface area contributed by atoms with Gasteiger partial charge >= 0.3 is 0 Å². The van der Waals surface area contributed by atoms with Crippen molar-refractivity contribution in [2.24, 2.45) is 5.92 Å². The van der Waals surface area contributed by atoms with Crippen molar-refractivity contribution in [3.05, 3.63) is 47.0 Å². The summed E-state index contributed by atoms with van der Waals surface area (Å²) in [5.74, 6) is -2.09. The van der Waals surface area contributed by atoms with E-state index in [9.17, 15) is 13.6 Å². The summed E-state index contributed by atoms with van der Waals surface area (Å²) in [6.07, 6.45) is 2.48. The number of carbonyl (C=O) groups excluding carboxylic acids is 1. The van der Waals surface area contributed by atoms with Crippen molar-refractivity contribution < 1.29 is 13.6 Å². The zero-order chi connectivity index (χ0) is 14.2. The molecule has 0 aliphatic rings. The van der Waals surface area contributed by atoms with Crippen LogP contribution >= 0.6 is 11.6 Å². The molecule has 100 valence electrons. The number of aromatic nitrogens is 2. The van der Waals surface area contributed by atoms with Gasteiger partial charge in [-0.2, -0.15) is 0 Å². The van der Waals surface area contributed by atoms with Crippen LogP contribution in [0.4, 0.5) is 8.78 Å². The summed E-state index contributed by atoms with van der Waals surface area (Å²) in [6, 6.07) is 2.19. The quantitative estimate of drug-likeness (QED) is 0.637. The minimum absolute atomic E-state index is 0.161. The van der Waals surface area contributed by atoms with Gasteiger partial charge < -0.3 is 4.57 Å². The van der Waals surface area contributed by atoms with Gasteiger partial charge in [0.1, 0.15) is 23.5 Å². The van der Waals surface area contributed by atoms with E-state index in [0.29, 0.717) is 0 Å². The van der Waals surface area contributed by atoms with Crippen molar-refractivity contribution in [3.63, 3.8) is 0 Å². The average molecular weight is 285 g/mol. The molecule has 0 aliphatic heterocycles. The summed E-state index contributed by atoms with van der Waals surface area (Å²) >= 11 is 5.61. The molecule has 0 atom stereocenters. The second-order valence-corrected chi connectivity index (χ2v) is 4.78. The predicted molar refractivity (Wildman–Crippen MR) is 67.7 cm³/mol. The van der Waals surface area contributed by atoms with Crippen LogP contribution in [-0.4, -0.2) is 15.3 Å². The van der Waals surface area contributed by atoms with Crippen LogP contribution in [0.5, 0.6) is 0 Å². The topological polar surface area (TPSA) is 34.9 Å². The molecule has 1 heterocycles. The molecule has 2 aromatic rings. The minimum atomic E-state index is -0.886. The van der Waals surface area contributed by atoms with Crippen LogP contribution in [0.1, 0.15) is 24.3 Å². The fraction of sp³-hybridized carbons (Fsp3) is 0.231. The van der Waals surface area contributed by atoms with E-state index in [1.54, 1.807) is 13.8 Å². The molecule has 1 aromatic carbocycles. The van der Waals surface area contributed by atoms with E-state index in [2.05, 4.69) is 4.98 Å². The molecule has 0 unspecified atom stereocenters. The Balaban J connectivity index is 2.50. The maximum atomic E-state index is 13.8. The molecule has 0 radical (unpaired) electrons. The van der Waals surface area contributed by atoms with E-state index in [4.69, 9.17) is 11.6 Å². The van der Waals surface area contributed by atoms with E-state index < -0.39 is 11.6 Å². The number of Topliss-reactive ketones (excluding diaryl/α,β-unsaturated/α-hetero) is 1. The number of nitrogens with zero attached hydrogens (tertiary/aromatic N) is 2. The van der Waals surface area contributed by atoms with Gasteiger partial charge in [0.2, 0.25) is 0 Å². The first-order chi connectivity index (χ1) is 8.91. The van der Waals surface area contributed by atoms with E-state index in [1.165, 1.54) is 12.5 Å². The summed E-state index contributed by atoms with van der Waals surface area (Å²) in [6.45, 7) is 3.45. The minimum Gasteiger partial charge on any atom is -0.300 e. The summed E-state index contributed by atoms with van der Waals surface area (Å²) in [5, 5.41) is -0.193. The standard InChI is InChI=1S/C13H11ClF2N2O/c1-7(2)13(19)10-5-18(6-17-10)12-9(15)4-3-8(14)11(12)16/h3-7H,1-2H3. The molecule has 0 aliphatic carbocycles. The van der Waals surface area contributed by atoms with Crippen molar-refractivity contribution in [2.45, 2.75) is 13.8 Å². The zero-order valence-corrected chi connectivity index (χ0v) is 11.1. The van der Waals surface area contributed by atoms with Crippen LogP contribution in [0.3, 0.4) is 0 Å². The lowest BCUT2D eigenvalue weighted by Gasteiger charge is -2.06. The fourth-order valence-electron chi connectivity index (χ4n) is 1.62. The molecule has 0 saturated carbocycles. The van der Waals surface area contributed by atoms with E-state index in [1.807, 2.05) is 0 Å². The third kappa shape index (κ3) is 2.51. The second kappa shape index (κ2) is 5.09. The monoisotopic (exact) mass is 284 g/mol. The van der Waals surface area contributed by atoms with Crippen LogP contribution in [0.15, 0.2) is 24.7 Å². The van der Waals surface area contributed by atoms with Crippen molar-refractivity contribution in [1.82, 2.24) is 9.55 Å². The summed E-state index contributed by atoms with van der Waals surface area (Å²) < 4.78 is 28.6. The van der Waals surface area contributed by atoms with Gasteiger partial charge in [-0.1, -0.05) is 25.4 Å². The third-order valence-electron chi connectivity index (χ3n) is 2.64. The maximum Gasteiger partial charge on any atom is 0.185 e. The Labute approximate surface area is 113 Å². The predicted octanol–water partition coefficient (Wildman–Crippen LogP) is 3.64. The number of hydrogen-bond donors (Lipinski definition) is 0. The number of imidazole rings is 1. The lowest BCUT2D eigenvalue weighted by molar-refractivity contribution is 0.0935. The number of halogens is 3. The zero-order valence-electron chi connectivity index (χ0n) is 10.3. The Bertz CT molecular complexity index is 638. The lowest BCUT2D eigenvalue weighted by atomic mass is 10.1. The molecule has 0 saturated heterocycles. The van der Waals surface area contributed by atoms with Crippen molar-refractivity contribution >= 4 is 17.4 Å². The molecule has 1 aromatic heterocycles. The summed E-state index contributed by atoms with van der Waals surface area (Å²) in [5.41, 5.74) is -0.184. The van der Waals surface area contributed by atoms with Gasteiger partial charge in [-0.05, 0) is 12.1 Å². The number of carbonyl (C=O) groups is 1. The second-order valence-electron chi connectivity index (χ2n) is 4.38. The van der Waals surface area contributed by atoms with Gasteiger partial charge in [-0.15, -0.1) is 0 Å². The Hall–Kier alpha value is -1.75. The van der Waals surface area contributed by atoms with Crippen LogP contribution in [-0.2, 0) is 0 Å². The summed E-state index contributed by atoms with van der Waals surface area (Å²) in [4.78, 5) is 15.6. The van der Waals surface area contributed by atoms with Gasteiger partial charge in [-0.25, -0.2) is 13.8 Å². The van der Waals surface area contributed by atoms with Gasteiger partial charge in [0.25, 0.3) is 0 Å². The fourth-order valence-corrected chi connectivity index (χ4v) is 1.77. The first-order valence-electron chi connectivity index (χ1n) is 5.64. The largest absolute Gasteiger partial charge is 0.300 e. The van der Waals surface area contributed by atoms with Gasteiger partial charge in [-0.3, -0.25) is 4.79 Å². The maximum absolute atomic E-state index is 13.8. The van der Waals surface area contributed by atoms with Crippen LogP contribution in [0.25, 0.3) is 5.69 Å². The van der Waals surface area contributed by atoms with Gasteiger partial charge in [0.05, 0.1) is 5.02 Å². The van der Waals surface area contributed by atoms with Crippen LogP contribution in [0.2, 0.25) is 5.02 Å². The van der Waals surface area contributed by atoms with E-state index in [-0.39, 0.29) is 28.1 Å². The van der Waals surface area contributed by atoms with Gasteiger partial charge in [0, 0.05) is 12.1 Å². The Kier molecular flexibility index (Phi) is 3.66. The molecule has 0 amide bonds. The average Bonchev–Trinajstić information content (AvgIpc) is 2.82. The number of hydrogen-bond acceptors (Lipinski definition) is 2. The molecule has 2 rings (SSSR count). The Morgan fingerprint density at radius 2 is 2.05 bits per heavy atom. The highest BCUT2D eigenvalue weighted by Gasteiger charge is 2.18. The van der Waals surface area contributed by atoms with Crippen LogP contribution < -0.4 is 0 Å². The van der Waals surface area contributed by atoms with Crippen LogP contribution in [0, 0.1) is 17.6 Å². The molecular formula is C13H11ClF2N2O. The molecule has 0 spiro atoms. The van der Waals surface area contributed by atoms with E-state index >= 15 is 0 Å². The summed E-state index contributed by atoms with van der Waals surface area (Å²) in [7, 11) is 0. The first kappa shape index (κ1) is 13.7. The highest BCUT2D eigenvalue weighted by molar-refractivity contribution is 6.30. The smallest absolute Gasteiger partial charge is 0.185 e. The molecule has 0 bridgehead atoms. The third-order valence-corrected chi connectivity index (χ3v) is 2.93. The number of ketones is 1. The normalized spacial score (nSPS) is 11.1. The highest BCUT2D eigenvalue weighted by Crippen LogP contribution is 2.24. The Morgan fingerprint density at radius 1 is 1.37 bits per heavy atom. The molecule has 3 nitrogen and oxygen atoms in total. The SMILES string of the molecule is CC(C)C(=O)c1cn(-c2c(F)ccc(Cl)c2F)cn1. The van der Waals surface area contributed by atoms with Crippen molar-refractivity contribution in [3.8, 4) is 5.69 Å². The molecule has 6 heteroatoms. The molecular weight excluding hydrogens is 274 g/mol. The Morgan fingerprint density at radius 3 is 2.68 bits per heavy atom. The molecule has 0 N–H and O–H groups in total. The van der Waals surface area contributed by atoms with Crippen molar-refractivity contribution in [1.29, 1.82) is 0 Å². The highest BCUT2D eigenvalue weighted by atomic mass is 35.5. The molecule has 19 heavy (non-hydrogen) atoms. The molecule has 0 fully saturated rings. The number of rotatable bonds is 3. The van der Waals surface area contributed by atoms with Gasteiger partial charge in [0.15, 0.2) is 11.6 Å². The van der Waals surface area contributed by atoms with E-state index in [0.717, 1.165) is 16.7 Å². The number of benzene rings is 1. The van der Waals surface area contributed by atoms with Crippen molar-refractivity contribution in [2.75, 3.05) is 0 Å². The lowest BCUT2D eigenvalue weighted by Crippen LogP contribution is -2.07.